The minimum absolute atomic E-state index is 0.989. The monoisotopic (exact) mass is 210 g/mol. The van der Waals surface area contributed by atoms with Gasteiger partial charge in [0.05, 0.1) is 0 Å². The van der Waals surface area contributed by atoms with Gasteiger partial charge in [0.2, 0.25) is 0 Å². The highest BCUT2D eigenvalue weighted by atomic mass is 15.0. The van der Waals surface area contributed by atoms with Crippen LogP contribution in [-0.4, -0.2) is 19.0 Å². The molecule has 2 aromatic carbocycles. The molecule has 1 radical (unpaired) electrons. The first kappa shape index (κ1) is 10.9. The highest BCUT2D eigenvalue weighted by Crippen LogP contribution is 2.19. The van der Waals surface area contributed by atoms with Gasteiger partial charge >= 0.3 is 0 Å². The molecular formula is C15H16N. The predicted octanol–water partition coefficient (Wildman–Crippen LogP) is 3.22. The van der Waals surface area contributed by atoms with Crippen molar-refractivity contribution >= 4 is 0 Å². The fraction of sp³-hybridized carbons (Fsp3) is 0.200. The zero-order valence-electron chi connectivity index (χ0n) is 9.77. The maximum Gasteiger partial charge on any atom is 0.0227 e. The number of nitrogens with zero attached hydrogens (tertiary/aromatic N) is 1. The summed E-state index contributed by atoms with van der Waals surface area (Å²) < 4.78 is 0. The maximum atomic E-state index is 3.03. The largest absolute Gasteiger partial charge is 0.305 e. The molecule has 0 atom stereocenters. The molecule has 1 nitrogen and oxygen atoms in total. The third-order valence-electron chi connectivity index (χ3n) is 2.50. The number of rotatable bonds is 3. The Morgan fingerprint density at radius 3 is 2.00 bits per heavy atom. The molecule has 0 aliphatic carbocycles. The van der Waals surface area contributed by atoms with Gasteiger partial charge in [-0.15, -0.1) is 0 Å². The summed E-state index contributed by atoms with van der Waals surface area (Å²) >= 11 is 0. The molecular weight excluding hydrogens is 194 g/mol. The molecule has 0 aromatic heterocycles. The first-order valence-electron chi connectivity index (χ1n) is 5.46. The summed E-state index contributed by atoms with van der Waals surface area (Å²) in [5, 5.41) is 0. The first-order valence-corrected chi connectivity index (χ1v) is 5.46. The Hall–Kier alpha value is -1.60. The standard InChI is InChI=1S/C15H16N/c1-16(2)12-13-8-10-15(11-9-13)14-6-4-3-5-7-14/h4-11H,12H2,1-2H3. The Labute approximate surface area is 97.3 Å². The van der Waals surface area contributed by atoms with Crippen molar-refractivity contribution in [3.8, 4) is 11.1 Å². The summed E-state index contributed by atoms with van der Waals surface area (Å²) in [7, 11) is 4.17. The molecule has 2 aromatic rings. The summed E-state index contributed by atoms with van der Waals surface area (Å²) in [6.07, 6.45) is 0. The Morgan fingerprint density at radius 2 is 1.44 bits per heavy atom. The average Bonchev–Trinajstić information content (AvgIpc) is 2.30. The van der Waals surface area contributed by atoms with Crippen molar-refractivity contribution in [1.82, 2.24) is 4.90 Å². The second kappa shape index (κ2) is 4.95. The molecule has 81 valence electrons. The average molecular weight is 210 g/mol. The quantitative estimate of drug-likeness (QED) is 0.752. The van der Waals surface area contributed by atoms with Gasteiger partial charge in [0.15, 0.2) is 0 Å². The van der Waals surface area contributed by atoms with Crippen molar-refractivity contribution in [2.24, 2.45) is 0 Å². The molecule has 0 N–H and O–H groups in total. The Bertz CT molecular complexity index is 429. The van der Waals surface area contributed by atoms with Crippen LogP contribution in [0, 0.1) is 6.07 Å². The van der Waals surface area contributed by atoms with E-state index in [1.54, 1.807) is 0 Å². The lowest BCUT2D eigenvalue weighted by Crippen LogP contribution is -2.10. The minimum atomic E-state index is 0.989. The lowest BCUT2D eigenvalue weighted by Gasteiger charge is -2.10. The van der Waals surface area contributed by atoms with Gasteiger partial charge in [0, 0.05) is 6.54 Å². The van der Waals surface area contributed by atoms with Gasteiger partial charge in [-0.3, -0.25) is 0 Å². The Kier molecular flexibility index (Phi) is 3.37. The third kappa shape index (κ3) is 2.71. The van der Waals surface area contributed by atoms with E-state index < -0.39 is 0 Å². The highest BCUT2D eigenvalue weighted by Gasteiger charge is 1.98. The van der Waals surface area contributed by atoms with Crippen LogP contribution in [0.4, 0.5) is 0 Å². The number of benzene rings is 2. The van der Waals surface area contributed by atoms with Gasteiger partial charge in [0.25, 0.3) is 0 Å². The van der Waals surface area contributed by atoms with Gasteiger partial charge in [-0.25, -0.2) is 0 Å². The minimum Gasteiger partial charge on any atom is -0.305 e. The topological polar surface area (TPSA) is 3.24 Å². The summed E-state index contributed by atoms with van der Waals surface area (Å²) in [5.41, 5.74) is 3.85. The van der Waals surface area contributed by atoms with Crippen LogP contribution in [0.3, 0.4) is 0 Å². The fourth-order valence-corrected chi connectivity index (χ4v) is 1.75. The molecule has 0 bridgehead atoms. The molecule has 16 heavy (non-hydrogen) atoms. The first-order chi connectivity index (χ1) is 7.75. The zero-order valence-corrected chi connectivity index (χ0v) is 9.77. The van der Waals surface area contributed by atoms with Crippen molar-refractivity contribution in [1.29, 1.82) is 0 Å². The second-order valence-electron chi connectivity index (χ2n) is 4.22. The van der Waals surface area contributed by atoms with E-state index in [9.17, 15) is 0 Å². The van der Waals surface area contributed by atoms with Crippen LogP contribution >= 0.6 is 0 Å². The molecule has 1 heteroatoms. The molecule has 0 aliphatic heterocycles. The van der Waals surface area contributed by atoms with E-state index in [0.29, 0.717) is 0 Å². The third-order valence-corrected chi connectivity index (χ3v) is 2.50. The van der Waals surface area contributed by atoms with E-state index in [-0.39, 0.29) is 0 Å². The second-order valence-corrected chi connectivity index (χ2v) is 4.22. The number of hydrogen-bond donors (Lipinski definition) is 0. The molecule has 0 saturated carbocycles. The van der Waals surface area contributed by atoms with Gasteiger partial charge in [0.1, 0.15) is 0 Å². The predicted molar refractivity (Wildman–Crippen MR) is 68.1 cm³/mol. The van der Waals surface area contributed by atoms with Crippen LogP contribution < -0.4 is 0 Å². The van der Waals surface area contributed by atoms with Gasteiger partial charge in [-0.2, -0.15) is 0 Å². The van der Waals surface area contributed by atoms with E-state index in [1.165, 1.54) is 16.7 Å². The molecule has 0 unspecified atom stereocenters. The maximum absolute atomic E-state index is 3.03. The molecule has 0 spiro atoms. The molecule has 2 rings (SSSR count). The van der Waals surface area contributed by atoms with Crippen LogP contribution in [0.5, 0.6) is 0 Å². The summed E-state index contributed by atoms with van der Waals surface area (Å²) in [5.74, 6) is 0. The van der Waals surface area contributed by atoms with Crippen molar-refractivity contribution in [2.75, 3.05) is 14.1 Å². The Balaban J connectivity index is 2.20. The smallest absolute Gasteiger partial charge is 0.0227 e. The van der Waals surface area contributed by atoms with Crippen LogP contribution in [0.25, 0.3) is 11.1 Å². The van der Waals surface area contributed by atoms with E-state index in [4.69, 9.17) is 0 Å². The molecule has 0 aliphatic rings. The van der Waals surface area contributed by atoms with Crippen molar-refractivity contribution < 1.29 is 0 Å². The van der Waals surface area contributed by atoms with E-state index in [0.717, 1.165) is 6.54 Å². The lowest BCUT2D eigenvalue weighted by atomic mass is 10.0. The molecule has 0 heterocycles. The van der Waals surface area contributed by atoms with Crippen molar-refractivity contribution in [3.05, 3.63) is 60.2 Å². The lowest BCUT2D eigenvalue weighted by molar-refractivity contribution is 0.402. The van der Waals surface area contributed by atoms with Crippen LogP contribution in [0.15, 0.2) is 48.5 Å². The number of hydrogen-bond acceptors (Lipinski definition) is 1. The zero-order chi connectivity index (χ0) is 11.4. The van der Waals surface area contributed by atoms with Gasteiger partial charge in [-0.1, -0.05) is 48.5 Å². The fourth-order valence-electron chi connectivity index (χ4n) is 1.75. The normalized spacial score (nSPS) is 10.7. The van der Waals surface area contributed by atoms with E-state index in [1.807, 2.05) is 12.1 Å². The van der Waals surface area contributed by atoms with Gasteiger partial charge < -0.3 is 4.90 Å². The molecule has 0 saturated heterocycles. The highest BCUT2D eigenvalue weighted by molar-refractivity contribution is 5.63. The van der Waals surface area contributed by atoms with Crippen LogP contribution in [0.2, 0.25) is 0 Å². The Morgan fingerprint density at radius 1 is 0.875 bits per heavy atom. The van der Waals surface area contributed by atoms with E-state index in [2.05, 4.69) is 61.5 Å². The van der Waals surface area contributed by atoms with Crippen LogP contribution in [-0.2, 0) is 6.54 Å². The van der Waals surface area contributed by atoms with Gasteiger partial charge in [-0.05, 0) is 36.9 Å². The summed E-state index contributed by atoms with van der Waals surface area (Å²) in [6.45, 7) is 0.989. The van der Waals surface area contributed by atoms with Crippen LogP contribution in [0.1, 0.15) is 5.56 Å². The summed E-state index contributed by atoms with van der Waals surface area (Å²) in [4.78, 5) is 2.17. The molecule has 0 amide bonds. The van der Waals surface area contributed by atoms with E-state index >= 15 is 0 Å². The summed E-state index contributed by atoms with van der Waals surface area (Å²) in [6, 6.07) is 19.8. The SMILES string of the molecule is CN(C)Cc1ccc(-c2cc[c]cc2)cc1. The molecule has 0 fully saturated rings. The van der Waals surface area contributed by atoms with Crippen molar-refractivity contribution in [2.45, 2.75) is 6.54 Å². The van der Waals surface area contributed by atoms with Crippen molar-refractivity contribution in [3.63, 3.8) is 0 Å².